The number of hydrogen-bond acceptors (Lipinski definition) is 4. The van der Waals surface area contributed by atoms with Gasteiger partial charge in [0, 0.05) is 44.8 Å². The first-order valence-corrected chi connectivity index (χ1v) is 8.51. The van der Waals surface area contributed by atoms with Crippen LogP contribution in [0.2, 0.25) is 0 Å². The SMILES string of the molecule is O=C(CN1Cc2ccccc2C1=O)NCC(N1CCNCC1)C(F)(F)F. The molecular formula is C17H21F3N4O2. The van der Waals surface area contributed by atoms with Crippen molar-refractivity contribution < 1.29 is 22.8 Å². The molecule has 142 valence electrons. The first-order valence-electron chi connectivity index (χ1n) is 8.51. The molecule has 0 bridgehead atoms. The van der Waals surface area contributed by atoms with E-state index in [0.717, 1.165) is 5.56 Å². The second-order valence-electron chi connectivity index (χ2n) is 6.47. The maximum Gasteiger partial charge on any atom is 0.405 e. The molecule has 9 heteroatoms. The normalized spacial score (nSPS) is 19.3. The predicted molar refractivity (Wildman–Crippen MR) is 88.5 cm³/mol. The van der Waals surface area contributed by atoms with Crippen molar-refractivity contribution in [2.45, 2.75) is 18.8 Å². The topological polar surface area (TPSA) is 64.7 Å². The van der Waals surface area contributed by atoms with Crippen LogP contribution in [0.1, 0.15) is 15.9 Å². The lowest BCUT2D eigenvalue weighted by Crippen LogP contribution is -2.58. The monoisotopic (exact) mass is 370 g/mol. The van der Waals surface area contributed by atoms with Crippen molar-refractivity contribution in [3.05, 3.63) is 35.4 Å². The lowest BCUT2D eigenvalue weighted by atomic mass is 10.1. The van der Waals surface area contributed by atoms with E-state index in [2.05, 4.69) is 10.6 Å². The number of carbonyl (C=O) groups is 2. The average Bonchev–Trinajstić information content (AvgIpc) is 2.91. The number of benzene rings is 1. The highest BCUT2D eigenvalue weighted by atomic mass is 19.4. The third kappa shape index (κ3) is 4.16. The van der Waals surface area contributed by atoms with Gasteiger partial charge < -0.3 is 15.5 Å². The summed E-state index contributed by atoms with van der Waals surface area (Å²) in [7, 11) is 0. The molecule has 1 saturated heterocycles. The molecule has 2 N–H and O–H groups in total. The lowest BCUT2D eigenvalue weighted by Gasteiger charge is -2.36. The van der Waals surface area contributed by atoms with E-state index in [0.29, 0.717) is 25.2 Å². The fourth-order valence-electron chi connectivity index (χ4n) is 3.33. The van der Waals surface area contributed by atoms with Crippen LogP contribution in [0.25, 0.3) is 0 Å². The Morgan fingerprint density at radius 3 is 2.58 bits per heavy atom. The third-order valence-corrected chi connectivity index (χ3v) is 4.69. The minimum atomic E-state index is -4.43. The summed E-state index contributed by atoms with van der Waals surface area (Å²) < 4.78 is 40.0. The highest BCUT2D eigenvalue weighted by Gasteiger charge is 2.44. The Labute approximate surface area is 149 Å². The summed E-state index contributed by atoms with van der Waals surface area (Å²) in [4.78, 5) is 27.0. The minimum absolute atomic E-state index is 0.250. The molecule has 3 rings (SSSR count). The van der Waals surface area contributed by atoms with Gasteiger partial charge in [-0.1, -0.05) is 18.2 Å². The van der Waals surface area contributed by atoms with Crippen molar-refractivity contribution in [2.75, 3.05) is 39.3 Å². The van der Waals surface area contributed by atoms with Gasteiger partial charge in [-0.05, 0) is 11.6 Å². The molecule has 1 unspecified atom stereocenters. The Morgan fingerprint density at radius 2 is 1.92 bits per heavy atom. The summed E-state index contributed by atoms with van der Waals surface area (Å²) in [5.74, 6) is -0.860. The van der Waals surface area contributed by atoms with Crippen LogP contribution >= 0.6 is 0 Å². The fourth-order valence-corrected chi connectivity index (χ4v) is 3.33. The third-order valence-electron chi connectivity index (χ3n) is 4.69. The molecular weight excluding hydrogens is 349 g/mol. The molecule has 2 aliphatic rings. The lowest BCUT2D eigenvalue weighted by molar-refractivity contribution is -0.184. The number of halogens is 3. The Morgan fingerprint density at radius 1 is 1.23 bits per heavy atom. The van der Waals surface area contributed by atoms with Crippen LogP contribution < -0.4 is 10.6 Å². The largest absolute Gasteiger partial charge is 0.405 e. The molecule has 2 amide bonds. The van der Waals surface area contributed by atoms with Crippen LogP contribution in [0.3, 0.4) is 0 Å². The zero-order valence-electron chi connectivity index (χ0n) is 14.2. The van der Waals surface area contributed by atoms with Crippen LogP contribution in [0.4, 0.5) is 13.2 Å². The molecule has 1 aromatic rings. The van der Waals surface area contributed by atoms with Gasteiger partial charge in [-0.3, -0.25) is 14.5 Å². The molecule has 0 aliphatic carbocycles. The van der Waals surface area contributed by atoms with E-state index in [1.54, 1.807) is 24.3 Å². The van der Waals surface area contributed by atoms with Gasteiger partial charge in [0.1, 0.15) is 12.6 Å². The smallest absolute Gasteiger partial charge is 0.353 e. The van der Waals surface area contributed by atoms with Crippen LogP contribution in [0, 0.1) is 0 Å². The van der Waals surface area contributed by atoms with Gasteiger partial charge in [0.25, 0.3) is 5.91 Å². The molecule has 0 aromatic heterocycles. The number of carbonyl (C=O) groups excluding carboxylic acids is 2. The highest BCUT2D eigenvalue weighted by Crippen LogP contribution is 2.25. The van der Waals surface area contributed by atoms with E-state index < -0.39 is 24.7 Å². The van der Waals surface area contributed by atoms with E-state index in [4.69, 9.17) is 0 Å². The zero-order valence-corrected chi connectivity index (χ0v) is 14.2. The molecule has 26 heavy (non-hydrogen) atoms. The Kier molecular flexibility index (Phi) is 5.47. The number of amides is 2. The number of fused-ring (bicyclic) bond motifs is 1. The quantitative estimate of drug-likeness (QED) is 0.797. The molecule has 2 heterocycles. The molecule has 0 saturated carbocycles. The van der Waals surface area contributed by atoms with Gasteiger partial charge in [0.05, 0.1) is 0 Å². The molecule has 0 spiro atoms. The summed E-state index contributed by atoms with van der Waals surface area (Å²) in [6.45, 7) is 1.06. The summed E-state index contributed by atoms with van der Waals surface area (Å²) >= 11 is 0. The molecule has 2 aliphatic heterocycles. The number of rotatable bonds is 5. The standard InChI is InChI=1S/C17H21F3N4O2/c18-17(19,20)14(23-7-5-21-6-8-23)9-22-15(25)11-24-10-12-3-1-2-4-13(12)16(24)26/h1-4,14,21H,5-11H2,(H,22,25). The summed E-state index contributed by atoms with van der Waals surface area (Å²) in [6.07, 6.45) is -4.43. The summed E-state index contributed by atoms with van der Waals surface area (Å²) in [6, 6.07) is 5.30. The minimum Gasteiger partial charge on any atom is -0.353 e. The van der Waals surface area contributed by atoms with Gasteiger partial charge in [-0.25, -0.2) is 0 Å². The van der Waals surface area contributed by atoms with E-state index in [-0.39, 0.29) is 25.5 Å². The van der Waals surface area contributed by atoms with Crippen molar-refractivity contribution in [2.24, 2.45) is 0 Å². The van der Waals surface area contributed by atoms with Gasteiger partial charge >= 0.3 is 6.18 Å². The van der Waals surface area contributed by atoms with E-state index >= 15 is 0 Å². The number of hydrogen-bond donors (Lipinski definition) is 2. The van der Waals surface area contributed by atoms with Gasteiger partial charge in [0.2, 0.25) is 5.91 Å². The van der Waals surface area contributed by atoms with Gasteiger partial charge in [-0.15, -0.1) is 0 Å². The van der Waals surface area contributed by atoms with Crippen molar-refractivity contribution >= 4 is 11.8 Å². The number of piperazine rings is 1. The first-order chi connectivity index (χ1) is 12.4. The van der Waals surface area contributed by atoms with E-state index in [1.165, 1.54) is 9.80 Å². The van der Waals surface area contributed by atoms with Crippen LogP contribution in [0.15, 0.2) is 24.3 Å². The van der Waals surface area contributed by atoms with E-state index in [9.17, 15) is 22.8 Å². The van der Waals surface area contributed by atoms with Crippen molar-refractivity contribution in [1.82, 2.24) is 20.4 Å². The number of nitrogens with one attached hydrogen (secondary N) is 2. The van der Waals surface area contributed by atoms with Crippen molar-refractivity contribution in [3.8, 4) is 0 Å². The number of nitrogens with zero attached hydrogens (tertiary/aromatic N) is 2. The number of alkyl halides is 3. The average molecular weight is 370 g/mol. The molecule has 6 nitrogen and oxygen atoms in total. The second kappa shape index (κ2) is 7.63. The Hall–Kier alpha value is -2.13. The second-order valence-corrected chi connectivity index (χ2v) is 6.47. The van der Waals surface area contributed by atoms with Crippen molar-refractivity contribution in [1.29, 1.82) is 0 Å². The summed E-state index contributed by atoms with van der Waals surface area (Å²) in [5, 5.41) is 5.35. The van der Waals surface area contributed by atoms with Crippen molar-refractivity contribution in [3.63, 3.8) is 0 Å². The maximum absolute atomic E-state index is 13.3. The zero-order chi connectivity index (χ0) is 18.7. The Bertz CT molecular complexity index is 674. The fraction of sp³-hybridized carbons (Fsp3) is 0.529. The first kappa shape index (κ1) is 18.7. The van der Waals surface area contributed by atoms with Gasteiger partial charge in [0.15, 0.2) is 0 Å². The molecule has 0 radical (unpaired) electrons. The predicted octanol–water partition coefficient (Wildman–Crippen LogP) is 0.595. The van der Waals surface area contributed by atoms with Gasteiger partial charge in [-0.2, -0.15) is 13.2 Å². The molecule has 1 fully saturated rings. The highest BCUT2D eigenvalue weighted by molar-refractivity contribution is 6.00. The van der Waals surface area contributed by atoms with Crippen LogP contribution in [-0.2, 0) is 11.3 Å². The van der Waals surface area contributed by atoms with Crippen LogP contribution in [-0.4, -0.2) is 73.1 Å². The Balaban J connectivity index is 1.55. The van der Waals surface area contributed by atoms with E-state index in [1.807, 2.05) is 0 Å². The molecule has 1 atom stereocenters. The maximum atomic E-state index is 13.3. The summed E-state index contributed by atoms with van der Waals surface area (Å²) in [5.41, 5.74) is 1.36. The molecule has 1 aromatic carbocycles. The van der Waals surface area contributed by atoms with Crippen LogP contribution in [0.5, 0.6) is 0 Å².